The van der Waals surface area contributed by atoms with Gasteiger partial charge in [-0.15, -0.1) is 0 Å². The van der Waals surface area contributed by atoms with Crippen LogP contribution in [-0.2, 0) is 11.2 Å². The molecule has 2 rings (SSSR count). The van der Waals surface area contributed by atoms with E-state index < -0.39 is 5.91 Å². The number of carbonyl (C=O) groups is 2. The van der Waals surface area contributed by atoms with Crippen LogP contribution < -0.4 is 20.3 Å². The van der Waals surface area contributed by atoms with Crippen LogP contribution >= 0.6 is 0 Å². The topological polar surface area (TPSA) is 76.7 Å². The van der Waals surface area contributed by atoms with E-state index in [0.29, 0.717) is 17.9 Å². The fraction of sp³-hybridized carbons (Fsp3) is 0.222. The fourth-order valence-corrected chi connectivity index (χ4v) is 2.11. The van der Waals surface area contributed by atoms with Gasteiger partial charge in [-0.25, -0.2) is 4.39 Å². The van der Waals surface area contributed by atoms with Gasteiger partial charge in [-0.3, -0.25) is 20.4 Å². The first kappa shape index (κ1) is 18.3. The molecule has 0 saturated heterocycles. The van der Waals surface area contributed by atoms with Crippen molar-refractivity contribution in [3.05, 3.63) is 59.4 Å². The third-order valence-corrected chi connectivity index (χ3v) is 3.48. The maximum Gasteiger partial charge on any atom is 0.269 e. The molecule has 0 aliphatic carbocycles. The van der Waals surface area contributed by atoms with E-state index in [1.807, 2.05) is 0 Å². The summed E-state index contributed by atoms with van der Waals surface area (Å²) in [6.07, 6.45) is 0.600. The van der Waals surface area contributed by atoms with Gasteiger partial charge in [0.1, 0.15) is 17.3 Å². The van der Waals surface area contributed by atoms with Crippen molar-refractivity contribution >= 4 is 11.8 Å². The minimum atomic E-state index is -0.493. The molecule has 0 aliphatic rings. The number of hydrogen-bond donors (Lipinski definition) is 2. The number of aryl methyl sites for hydroxylation is 1. The highest BCUT2D eigenvalue weighted by atomic mass is 19.1. The molecule has 0 unspecified atom stereocenters. The van der Waals surface area contributed by atoms with Gasteiger partial charge in [0.15, 0.2) is 0 Å². The molecular formula is C18H19FN2O4. The number of methoxy groups -OCH3 is 2. The van der Waals surface area contributed by atoms with Crippen LogP contribution in [0.25, 0.3) is 0 Å². The first-order valence-electron chi connectivity index (χ1n) is 7.58. The molecule has 0 atom stereocenters. The number of amides is 2. The second-order valence-electron chi connectivity index (χ2n) is 5.23. The maximum atomic E-state index is 12.8. The zero-order chi connectivity index (χ0) is 18.2. The molecule has 0 fully saturated rings. The minimum Gasteiger partial charge on any atom is -0.497 e. The third-order valence-electron chi connectivity index (χ3n) is 3.48. The van der Waals surface area contributed by atoms with Gasteiger partial charge in [0.05, 0.1) is 14.2 Å². The van der Waals surface area contributed by atoms with Crippen molar-refractivity contribution in [1.29, 1.82) is 0 Å². The number of benzene rings is 2. The van der Waals surface area contributed by atoms with Crippen LogP contribution in [0.2, 0.25) is 0 Å². The molecule has 2 N–H and O–H groups in total. The summed E-state index contributed by atoms with van der Waals surface area (Å²) in [6.45, 7) is 0. The summed E-state index contributed by atoms with van der Waals surface area (Å²) in [5.74, 6) is -0.242. The number of hydrazine groups is 1. The van der Waals surface area contributed by atoms with E-state index >= 15 is 0 Å². The zero-order valence-electron chi connectivity index (χ0n) is 14.0. The van der Waals surface area contributed by atoms with Crippen molar-refractivity contribution in [3.63, 3.8) is 0 Å². The van der Waals surface area contributed by atoms with Gasteiger partial charge in [-0.1, -0.05) is 12.1 Å². The molecule has 0 radical (unpaired) electrons. The van der Waals surface area contributed by atoms with E-state index in [4.69, 9.17) is 9.47 Å². The lowest BCUT2D eigenvalue weighted by Gasteiger charge is -2.10. The predicted molar refractivity (Wildman–Crippen MR) is 89.9 cm³/mol. The van der Waals surface area contributed by atoms with E-state index in [2.05, 4.69) is 10.9 Å². The second-order valence-corrected chi connectivity index (χ2v) is 5.23. The van der Waals surface area contributed by atoms with Crippen LogP contribution in [-0.4, -0.2) is 26.0 Å². The van der Waals surface area contributed by atoms with Gasteiger partial charge in [0.25, 0.3) is 5.91 Å². The number of nitrogens with one attached hydrogen (secondary N) is 2. The van der Waals surface area contributed by atoms with Crippen molar-refractivity contribution in [1.82, 2.24) is 10.9 Å². The highest BCUT2D eigenvalue weighted by Crippen LogP contribution is 2.22. The van der Waals surface area contributed by atoms with Crippen LogP contribution in [0.5, 0.6) is 11.5 Å². The Morgan fingerprint density at radius 2 is 1.56 bits per heavy atom. The number of ether oxygens (including phenoxy) is 2. The minimum absolute atomic E-state index is 0.160. The number of hydrogen-bond acceptors (Lipinski definition) is 4. The van der Waals surface area contributed by atoms with Gasteiger partial charge >= 0.3 is 0 Å². The molecule has 2 aromatic carbocycles. The predicted octanol–water partition coefficient (Wildman–Crippen LogP) is 2.24. The van der Waals surface area contributed by atoms with E-state index in [1.165, 1.54) is 38.5 Å². The average molecular weight is 346 g/mol. The van der Waals surface area contributed by atoms with Crippen molar-refractivity contribution in [2.45, 2.75) is 12.8 Å². The van der Waals surface area contributed by atoms with Crippen LogP contribution in [0.1, 0.15) is 22.3 Å². The van der Waals surface area contributed by atoms with Crippen molar-refractivity contribution in [3.8, 4) is 11.5 Å². The Bertz CT molecular complexity index is 725. The van der Waals surface area contributed by atoms with Gasteiger partial charge in [0, 0.05) is 18.1 Å². The number of rotatable bonds is 6. The molecule has 0 aliphatic heterocycles. The standard InChI is InChI=1S/C18H19FN2O4/c1-24-15-9-13(10-16(11-15)25-2)18(23)21-20-17(22)8-5-12-3-6-14(19)7-4-12/h3-4,6-7,9-11H,5,8H2,1-2H3,(H,20,22)(H,21,23). The lowest BCUT2D eigenvalue weighted by atomic mass is 10.1. The first-order valence-corrected chi connectivity index (χ1v) is 7.58. The first-order chi connectivity index (χ1) is 12.0. The molecular weight excluding hydrogens is 327 g/mol. The molecule has 0 spiro atoms. The summed E-state index contributed by atoms with van der Waals surface area (Å²) in [5, 5.41) is 0. The quantitative estimate of drug-likeness (QED) is 0.787. The van der Waals surface area contributed by atoms with E-state index in [0.717, 1.165) is 5.56 Å². The number of halogens is 1. The normalized spacial score (nSPS) is 10.0. The van der Waals surface area contributed by atoms with Crippen LogP contribution in [0.15, 0.2) is 42.5 Å². The summed E-state index contributed by atoms with van der Waals surface area (Å²) < 4.78 is 23.0. The summed E-state index contributed by atoms with van der Waals surface area (Å²) in [4.78, 5) is 23.9. The lowest BCUT2D eigenvalue weighted by Crippen LogP contribution is -2.41. The Morgan fingerprint density at radius 1 is 0.960 bits per heavy atom. The largest absolute Gasteiger partial charge is 0.497 e. The summed E-state index contributed by atoms with van der Waals surface area (Å²) in [5.41, 5.74) is 5.80. The molecule has 0 bridgehead atoms. The van der Waals surface area contributed by atoms with E-state index in [-0.39, 0.29) is 23.7 Å². The summed E-state index contributed by atoms with van der Waals surface area (Å²) in [6, 6.07) is 10.6. The molecule has 0 saturated carbocycles. The highest BCUT2D eigenvalue weighted by molar-refractivity contribution is 5.96. The Labute approximate surface area is 144 Å². The molecule has 132 valence electrons. The van der Waals surface area contributed by atoms with Crippen molar-refractivity contribution in [2.24, 2.45) is 0 Å². The van der Waals surface area contributed by atoms with Crippen LogP contribution in [0, 0.1) is 5.82 Å². The van der Waals surface area contributed by atoms with Gasteiger partial charge < -0.3 is 9.47 Å². The van der Waals surface area contributed by atoms with Gasteiger partial charge in [-0.05, 0) is 36.2 Å². The van der Waals surface area contributed by atoms with E-state index in [1.54, 1.807) is 18.2 Å². The summed E-state index contributed by atoms with van der Waals surface area (Å²) >= 11 is 0. The van der Waals surface area contributed by atoms with Crippen LogP contribution in [0.3, 0.4) is 0 Å². The molecule has 7 heteroatoms. The SMILES string of the molecule is COc1cc(OC)cc(C(=O)NNC(=O)CCc2ccc(F)cc2)c1. The Morgan fingerprint density at radius 3 is 2.12 bits per heavy atom. The maximum absolute atomic E-state index is 12.8. The van der Waals surface area contributed by atoms with Crippen molar-refractivity contribution in [2.75, 3.05) is 14.2 Å². The second kappa shape index (κ2) is 8.68. The lowest BCUT2D eigenvalue weighted by molar-refractivity contribution is -0.121. The third kappa shape index (κ3) is 5.49. The summed E-state index contributed by atoms with van der Waals surface area (Å²) in [7, 11) is 2.96. The Kier molecular flexibility index (Phi) is 6.33. The molecule has 0 aromatic heterocycles. The average Bonchev–Trinajstić information content (AvgIpc) is 2.65. The Hall–Kier alpha value is -3.09. The monoisotopic (exact) mass is 346 g/mol. The molecule has 2 amide bonds. The fourth-order valence-electron chi connectivity index (χ4n) is 2.11. The number of carbonyl (C=O) groups excluding carboxylic acids is 2. The molecule has 25 heavy (non-hydrogen) atoms. The molecule has 0 heterocycles. The smallest absolute Gasteiger partial charge is 0.269 e. The zero-order valence-corrected chi connectivity index (χ0v) is 14.0. The van der Waals surface area contributed by atoms with Crippen LogP contribution in [0.4, 0.5) is 4.39 Å². The molecule has 6 nitrogen and oxygen atoms in total. The Balaban J connectivity index is 1.86. The molecule has 2 aromatic rings. The van der Waals surface area contributed by atoms with Gasteiger partial charge in [-0.2, -0.15) is 0 Å². The van der Waals surface area contributed by atoms with Crippen molar-refractivity contribution < 1.29 is 23.5 Å². The highest BCUT2D eigenvalue weighted by Gasteiger charge is 2.11. The van der Waals surface area contributed by atoms with E-state index in [9.17, 15) is 14.0 Å². The van der Waals surface area contributed by atoms with Gasteiger partial charge in [0.2, 0.25) is 5.91 Å².